The molecule has 0 saturated heterocycles. The Morgan fingerprint density at radius 2 is 1.75 bits per heavy atom. The van der Waals surface area contributed by atoms with E-state index in [1.54, 1.807) is 17.0 Å². The van der Waals surface area contributed by atoms with Gasteiger partial charge in [-0.25, -0.2) is 0 Å². The molecule has 0 fully saturated rings. The summed E-state index contributed by atoms with van der Waals surface area (Å²) in [5.41, 5.74) is 3.65. The number of non-ortho nitro benzene ring substituents is 1. The molecular formula is C29H27N3O4. The number of benzene rings is 3. The molecule has 0 radical (unpaired) electrons. The Balaban J connectivity index is 1.75. The van der Waals surface area contributed by atoms with Crippen LogP contribution < -0.4 is 10.2 Å². The van der Waals surface area contributed by atoms with Crippen LogP contribution in [0.4, 0.5) is 17.1 Å². The number of hydrogen-bond donors (Lipinski definition) is 1. The van der Waals surface area contributed by atoms with Crippen molar-refractivity contribution < 1.29 is 14.5 Å². The van der Waals surface area contributed by atoms with Crippen LogP contribution >= 0.6 is 0 Å². The second-order valence-corrected chi connectivity index (χ2v) is 10.2. The van der Waals surface area contributed by atoms with Crippen LogP contribution in [-0.2, 0) is 16.0 Å². The van der Waals surface area contributed by atoms with E-state index in [2.05, 4.69) is 5.32 Å². The summed E-state index contributed by atoms with van der Waals surface area (Å²) >= 11 is 0. The van der Waals surface area contributed by atoms with Gasteiger partial charge < -0.3 is 5.32 Å². The molecule has 5 rings (SSSR count). The van der Waals surface area contributed by atoms with Gasteiger partial charge in [-0.2, -0.15) is 0 Å². The quantitative estimate of drug-likeness (QED) is 0.365. The van der Waals surface area contributed by atoms with Crippen molar-refractivity contribution >= 4 is 28.8 Å². The maximum atomic E-state index is 14.0. The van der Waals surface area contributed by atoms with E-state index in [1.165, 1.54) is 12.1 Å². The first kappa shape index (κ1) is 23.5. The fourth-order valence-corrected chi connectivity index (χ4v) is 5.24. The third kappa shape index (κ3) is 4.40. The number of nitrogens with zero attached hydrogens (tertiary/aromatic N) is 2. The Kier molecular flexibility index (Phi) is 5.92. The first-order valence-electron chi connectivity index (χ1n) is 12.0. The fourth-order valence-electron chi connectivity index (χ4n) is 5.24. The van der Waals surface area contributed by atoms with Gasteiger partial charge in [-0.05, 0) is 35.1 Å². The van der Waals surface area contributed by atoms with E-state index >= 15 is 0 Å². The Bertz CT molecular complexity index is 1390. The Morgan fingerprint density at radius 3 is 2.50 bits per heavy atom. The molecule has 2 aliphatic rings. The minimum Gasteiger partial charge on any atom is -0.357 e. The van der Waals surface area contributed by atoms with Crippen LogP contribution in [0.2, 0.25) is 0 Å². The third-order valence-electron chi connectivity index (χ3n) is 6.76. The van der Waals surface area contributed by atoms with Gasteiger partial charge in [0, 0.05) is 29.8 Å². The molecule has 182 valence electrons. The zero-order valence-corrected chi connectivity index (χ0v) is 20.2. The van der Waals surface area contributed by atoms with Crippen molar-refractivity contribution in [1.82, 2.24) is 0 Å². The molecule has 1 aliphatic carbocycles. The molecule has 3 aromatic rings. The second-order valence-electron chi connectivity index (χ2n) is 10.2. The van der Waals surface area contributed by atoms with Crippen LogP contribution in [0.3, 0.4) is 0 Å². The number of fused-ring (bicyclic) bond motifs is 1. The van der Waals surface area contributed by atoms with Crippen molar-refractivity contribution in [2.24, 2.45) is 5.41 Å². The zero-order chi connectivity index (χ0) is 25.4. The lowest BCUT2D eigenvalue weighted by Gasteiger charge is -2.37. The summed E-state index contributed by atoms with van der Waals surface area (Å²) in [6.45, 7) is 4.10. The predicted octanol–water partition coefficient (Wildman–Crippen LogP) is 5.98. The standard InChI is InChI=1S/C29H27N3O4/c1-29(2)17-23-27(25(33)18-29)28(20-11-8-12-21(16-20)32(35)36)31(24-14-7-6-13-22(24)30-23)26(34)15-19-9-4-3-5-10-19/h3-14,16,28,30H,15,17-18H2,1-2H3. The summed E-state index contributed by atoms with van der Waals surface area (Å²) in [7, 11) is 0. The van der Waals surface area contributed by atoms with E-state index in [9.17, 15) is 19.7 Å². The first-order chi connectivity index (χ1) is 17.2. The van der Waals surface area contributed by atoms with Crippen LogP contribution in [0.1, 0.15) is 43.9 Å². The normalized spacial score (nSPS) is 18.6. The van der Waals surface area contributed by atoms with Crippen LogP contribution in [0.15, 0.2) is 90.1 Å². The number of allylic oxidation sites excluding steroid dienone is 1. The lowest BCUT2D eigenvalue weighted by atomic mass is 9.73. The molecule has 1 unspecified atom stereocenters. The molecule has 3 aromatic carbocycles. The van der Waals surface area contributed by atoms with E-state index in [0.717, 1.165) is 16.9 Å². The van der Waals surface area contributed by atoms with Gasteiger partial charge in [-0.1, -0.05) is 68.4 Å². The van der Waals surface area contributed by atoms with Gasteiger partial charge in [0.1, 0.15) is 0 Å². The zero-order valence-electron chi connectivity index (χ0n) is 20.2. The van der Waals surface area contributed by atoms with Gasteiger partial charge in [-0.15, -0.1) is 0 Å². The van der Waals surface area contributed by atoms with E-state index in [1.807, 2.05) is 68.4 Å². The van der Waals surface area contributed by atoms with Gasteiger partial charge in [0.25, 0.3) is 5.69 Å². The number of anilines is 2. The average Bonchev–Trinajstić information content (AvgIpc) is 2.98. The molecule has 0 spiro atoms. The van der Waals surface area contributed by atoms with Gasteiger partial charge in [-0.3, -0.25) is 24.6 Å². The van der Waals surface area contributed by atoms with Crippen molar-refractivity contribution in [2.75, 3.05) is 10.2 Å². The van der Waals surface area contributed by atoms with E-state index in [4.69, 9.17) is 0 Å². The summed E-state index contributed by atoms with van der Waals surface area (Å²) < 4.78 is 0. The lowest BCUT2D eigenvalue weighted by molar-refractivity contribution is -0.384. The third-order valence-corrected chi connectivity index (χ3v) is 6.76. The molecule has 1 N–H and O–H groups in total. The number of Topliss-reactive ketones (excluding diaryl/α,β-unsaturated/α-hetero) is 1. The van der Waals surface area contributed by atoms with Crippen molar-refractivity contribution in [3.05, 3.63) is 111 Å². The fraction of sp³-hybridized carbons (Fsp3) is 0.241. The highest BCUT2D eigenvalue weighted by molar-refractivity contribution is 6.06. The van der Waals surface area contributed by atoms with Crippen LogP contribution in [0.25, 0.3) is 0 Å². The van der Waals surface area contributed by atoms with Crippen LogP contribution in [0, 0.1) is 15.5 Å². The minimum atomic E-state index is -0.795. The second kappa shape index (κ2) is 9.07. The SMILES string of the molecule is CC1(C)CC(=O)C2=C(C1)Nc1ccccc1N(C(=O)Cc1ccccc1)C2c1cccc([N+](=O)[O-])c1. The number of nitrogens with one attached hydrogen (secondary N) is 1. The highest BCUT2D eigenvalue weighted by Crippen LogP contribution is 2.48. The predicted molar refractivity (Wildman–Crippen MR) is 139 cm³/mol. The summed E-state index contributed by atoms with van der Waals surface area (Å²) in [6, 6.07) is 22.4. The molecule has 7 nitrogen and oxygen atoms in total. The highest BCUT2D eigenvalue weighted by Gasteiger charge is 2.43. The van der Waals surface area contributed by atoms with E-state index < -0.39 is 11.0 Å². The maximum Gasteiger partial charge on any atom is 0.269 e. The van der Waals surface area contributed by atoms with Crippen molar-refractivity contribution in [2.45, 2.75) is 39.2 Å². The highest BCUT2D eigenvalue weighted by atomic mass is 16.6. The minimum absolute atomic E-state index is 0.0597. The Morgan fingerprint density at radius 1 is 1.03 bits per heavy atom. The Hall–Kier alpha value is -4.26. The van der Waals surface area contributed by atoms with Crippen molar-refractivity contribution in [3.63, 3.8) is 0 Å². The van der Waals surface area contributed by atoms with Crippen molar-refractivity contribution in [3.8, 4) is 0 Å². The number of ketones is 1. The van der Waals surface area contributed by atoms with Crippen LogP contribution in [0.5, 0.6) is 0 Å². The first-order valence-corrected chi connectivity index (χ1v) is 12.0. The summed E-state index contributed by atoms with van der Waals surface area (Å²) in [6.07, 6.45) is 1.08. The monoisotopic (exact) mass is 481 g/mol. The van der Waals surface area contributed by atoms with Gasteiger partial charge in [0.2, 0.25) is 5.91 Å². The number of amides is 1. The molecule has 1 aliphatic heterocycles. The summed E-state index contributed by atoms with van der Waals surface area (Å²) in [5, 5.41) is 15.1. The van der Waals surface area contributed by atoms with Crippen molar-refractivity contribution in [1.29, 1.82) is 0 Å². The smallest absolute Gasteiger partial charge is 0.269 e. The number of carbonyl (C=O) groups excluding carboxylic acids is 2. The number of rotatable bonds is 4. The molecule has 0 bridgehead atoms. The molecule has 1 heterocycles. The molecule has 1 atom stereocenters. The number of hydrogen-bond acceptors (Lipinski definition) is 5. The number of nitro groups is 1. The van der Waals surface area contributed by atoms with E-state index in [0.29, 0.717) is 29.7 Å². The molecule has 0 aromatic heterocycles. The molecule has 36 heavy (non-hydrogen) atoms. The van der Waals surface area contributed by atoms with Crippen LogP contribution in [-0.4, -0.2) is 16.6 Å². The van der Waals surface area contributed by atoms with Gasteiger partial charge in [0.15, 0.2) is 5.78 Å². The largest absolute Gasteiger partial charge is 0.357 e. The van der Waals surface area contributed by atoms with E-state index in [-0.39, 0.29) is 29.2 Å². The molecule has 7 heteroatoms. The Labute approximate surface area is 209 Å². The summed E-state index contributed by atoms with van der Waals surface area (Å²) in [4.78, 5) is 40.5. The molecular weight excluding hydrogens is 454 g/mol. The number of nitro benzene ring substituents is 1. The summed E-state index contributed by atoms with van der Waals surface area (Å²) in [5.74, 6) is -0.256. The van der Waals surface area contributed by atoms with Gasteiger partial charge in [0.05, 0.1) is 28.8 Å². The number of para-hydroxylation sites is 2. The number of carbonyl (C=O) groups is 2. The average molecular weight is 482 g/mol. The molecule has 1 amide bonds. The topological polar surface area (TPSA) is 92.6 Å². The lowest BCUT2D eigenvalue weighted by Crippen LogP contribution is -2.40. The van der Waals surface area contributed by atoms with Gasteiger partial charge >= 0.3 is 0 Å². The maximum absolute atomic E-state index is 14.0. The molecule has 0 saturated carbocycles.